The molecule has 106 valence electrons. The van der Waals surface area contributed by atoms with Crippen molar-refractivity contribution in [3.8, 4) is 0 Å². The fourth-order valence-electron chi connectivity index (χ4n) is 1.84. The van der Waals surface area contributed by atoms with E-state index in [4.69, 9.17) is 0 Å². The summed E-state index contributed by atoms with van der Waals surface area (Å²) in [6.07, 6.45) is 1.85. The van der Waals surface area contributed by atoms with E-state index in [-0.39, 0.29) is 5.69 Å². The van der Waals surface area contributed by atoms with E-state index in [0.29, 0.717) is 29.7 Å². The number of nitrogens with one attached hydrogen (secondary N) is 2. The van der Waals surface area contributed by atoms with E-state index in [1.54, 1.807) is 7.05 Å². The molecule has 0 atom stereocenters. The van der Waals surface area contributed by atoms with Crippen molar-refractivity contribution in [3.05, 3.63) is 41.5 Å². The van der Waals surface area contributed by atoms with Crippen LogP contribution in [0.5, 0.6) is 0 Å². The lowest BCUT2D eigenvalue weighted by Crippen LogP contribution is -2.06. The average Bonchev–Trinajstić information content (AvgIpc) is 2.43. The van der Waals surface area contributed by atoms with E-state index in [9.17, 15) is 13.2 Å². The maximum atomic E-state index is 13.6. The molecule has 0 saturated heterocycles. The molecule has 1 aromatic heterocycles. The summed E-state index contributed by atoms with van der Waals surface area (Å²) in [5.74, 6) is -2.41. The number of halogens is 3. The van der Waals surface area contributed by atoms with Crippen LogP contribution in [-0.2, 0) is 6.42 Å². The predicted octanol–water partition coefficient (Wildman–Crippen LogP) is 3.24. The number of anilines is 3. The molecule has 1 aromatic carbocycles. The Morgan fingerprint density at radius 1 is 1.10 bits per heavy atom. The standard InChI is InChI=1S/C13H13F3N4/c1-3-8-12(17-2)18-6-19-13(8)20-10-5-7(14)4-9(15)11(10)16/h4-6H,3H2,1-2H3,(H2,17,18,19,20). The van der Waals surface area contributed by atoms with Crippen molar-refractivity contribution in [1.82, 2.24) is 9.97 Å². The van der Waals surface area contributed by atoms with Gasteiger partial charge in [0, 0.05) is 24.7 Å². The molecular formula is C13H13F3N4. The molecule has 0 aliphatic rings. The third kappa shape index (κ3) is 2.66. The molecule has 2 aromatic rings. The van der Waals surface area contributed by atoms with Gasteiger partial charge in [-0.15, -0.1) is 0 Å². The molecule has 0 bridgehead atoms. The summed E-state index contributed by atoms with van der Waals surface area (Å²) in [4.78, 5) is 8.00. The van der Waals surface area contributed by atoms with Gasteiger partial charge in [-0.3, -0.25) is 0 Å². The van der Waals surface area contributed by atoms with Gasteiger partial charge in [0.25, 0.3) is 0 Å². The SMILES string of the molecule is CCc1c(NC)ncnc1Nc1cc(F)cc(F)c1F. The topological polar surface area (TPSA) is 49.8 Å². The zero-order valence-electron chi connectivity index (χ0n) is 11.0. The number of hydrogen-bond donors (Lipinski definition) is 2. The summed E-state index contributed by atoms with van der Waals surface area (Å²) >= 11 is 0. The summed E-state index contributed by atoms with van der Waals surface area (Å²) in [5.41, 5.74) is 0.386. The Bertz CT molecular complexity index is 631. The number of nitrogens with zero attached hydrogens (tertiary/aromatic N) is 2. The summed E-state index contributed by atoms with van der Waals surface area (Å²) in [6.45, 7) is 1.87. The van der Waals surface area contributed by atoms with Gasteiger partial charge < -0.3 is 10.6 Å². The molecule has 0 aliphatic heterocycles. The maximum Gasteiger partial charge on any atom is 0.182 e. The van der Waals surface area contributed by atoms with Crippen molar-refractivity contribution in [1.29, 1.82) is 0 Å². The lowest BCUT2D eigenvalue weighted by Gasteiger charge is -2.13. The maximum absolute atomic E-state index is 13.6. The van der Waals surface area contributed by atoms with Gasteiger partial charge in [-0.2, -0.15) is 0 Å². The van der Waals surface area contributed by atoms with Crippen LogP contribution in [0.15, 0.2) is 18.5 Å². The van der Waals surface area contributed by atoms with Crippen LogP contribution in [-0.4, -0.2) is 17.0 Å². The second-order valence-electron chi connectivity index (χ2n) is 4.03. The van der Waals surface area contributed by atoms with Crippen LogP contribution in [0.1, 0.15) is 12.5 Å². The highest BCUT2D eigenvalue weighted by Gasteiger charge is 2.14. The second-order valence-corrected chi connectivity index (χ2v) is 4.03. The van der Waals surface area contributed by atoms with Gasteiger partial charge in [0.05, 0.1) is 5.69 Å². The molecule has 0 fully saturated rings. The van der Waals surface area contributed by atoms with E-state index in [1.165, 1.54) is 6.33 Å². The third-order valence-electron chi connectivity index (χ3n) is 2.78. The van der Waals surface area contributed by atoms with Crippen molar-refractivity contribution in [2.24, 2.45) is 0 Å². The minimum Gasteiger partial charge on any atom is -0.373 e. The normalized spacial score (nSPS) is 10.4. The van der Waals surface area contributed by atoms with Gasteiger partial charge in [-0.1, -0.05) is 6.92 Å². The highest BCUT2D eigenvalue weighted by atomic mass is 19.2. The zero-order chi connectivity index (χ0) is 14.7. The van der Waals surface area contributed by atoms with Gasteiger partial charge in [0.15, 0.2) is 11.6 Å². The Morgan fingerprint density at radius 2 is 1.80 bits per heavy atom. The van der Waals surface area contributed by atoms with E-state index < -0.39 is 17.5 Å². The molecule has 20 heavy (non-hydrogen) atoms. The van der Waals surface area contributed by atoms with E-state index in [1.807, 2.05) is 6.92 Å². The summed E-state index contributed by atoms with van der Waals surface area (Å²) in [7, 11) is 1.69. The van der Waals surface area contributed by atoms with Gasteiger partial charge in [-0.05, 0) is 6.42 Å². The highest BCUT2D eigenvalue weighted by Crippen LogP contribution is 2.26. The molecule has 7 heteroatoms. The number of rotatable bonds is 4. The number of hydrogen-bond acceptors (Lipinski definition) is 4. The average molecular weight is 282 g/mol. The van der Waals surface area contributed by atoms with Crippen LogP contribution in [0.4, 0.5) is 30.5 Å². The zero-order valence-corrected chi connectivity index (χ0v) is 11.0. The van der Waals surface area contributed by atoms with E-state index in [2.05, 4.69) is 20.6 Å². The molecule has 0 aliphatic carbocycles. The van der Waals surface area contributed by atoms with Gasteiger partial charge in [0.1, 0.15) is 23.8 Å². The Morgan fingerprint density at radius 3 is 2.45 bits per heavy atom. The largest absolute Gasteiger partial charge is 0.373 e. The monoisotopic (exact) mass is 282 g/mol. The Labute approximate surface area is 114 Å². The fourth-order valence-corrected chi connectivity index (χ4v) is 1.84. The lowest BCUT2D eigenvalue weighted by atomic mass is 10.2. The predicted molar refractivity (Wildman–Crippen MR) is 70.6 cm³/mol. The smallest absolute Gasteiger partial charge is 0.182 e. The van der Waals surface area contributed by atoms with Crippen molar-refractivity contribution < 1.29 is 13.2 Å². The molecule has 0 radical (unpaired) electrons. The first-order chi connectivity index (χ1) is 9.56. The Balaban J connectivity index is 2.45. The summed E-state index contributed by atoms with van der Waals surface area (Å²) in [6, 6.07) is 1.36. The molecule has 2 N–H and O–H groups in total. The van der Waals surface area contributed by atoms with Gasteiger partial charge in [0.2, 0.25) is 0 Å². The Kier molecular flexibility index (Phi) is 4.07. The quantitative estimate of drug-likeness (QED) is 0.845. The first kappa shape index (κ1) is 14.1. The lowest BCUT2D eigenvalue weighted by molar-refractivity contribution is 0.498. The van der Waals surface area contributed by atoms with E-state index in [0.717, 1.165) is 6.07 Å². The van der Waals surface area contributed by atoms with Crippen molar-refractivity contribution in [2.45, 2.75) is 13.3 Å². The van der Waals surface area contributed by atoms with Gasteiger partial charge >= 0.3 is 0 Å². The molecule has 0 spiro atoms. The molecule has 2 rings (SSSR count). The van der Waals surface area contributed by atoms with Crippen LogP contribution in [0.2, 0.25) is 0 Å². The minimum absolute atomic E-state index is 0.302. The van der Waals surface area contributed by atoms with Crippen molar-refractivity contribution in [2.75, 3.05) is 17.7 Å². The second kappa shape index (κ2) is 5.77. The highest BCUT2D eigenvalue weighted by molar-refractivity contribution is 5.65. The first-order valence-electron chi connectivity index (χ1n) is 6.00. The van der Waals surface area contributed by atoms with Crippen LogP contribution < -0.4 is 10.6 Å². The Hall–Kier alpha value is -2.31. The van der Waals surface area contributed by atoms with Crippen molar-refractivity contribution in [3.63, 3.8) is 0 Å². The molecule has 0 saturated carbocycles. The van der Waals surface area contributed by atoms with Crippen LogP contribution >= 0.6 is 0 Å². The number of aromatic nitrogens is 2. The van der Waals surface area contributed by atoms with Crippen LogP contribution in [0, 0.1) is 17.5 Å². The van der Waals surface area contributed by atoms with Gasteiger partial charge in [-0.25, -0.2) is 23.1 Å². The summed E-state index contributed by atoms with van der Waals surface area (Å²) < 4.78 is 39.9. The van der Waals surface area contributed by atoms with Crippen molar-refractivity contribution >= 4 is 17.3 Å². The molecule has 4 nitrogen and oxygen atoms in total. The van der Waals surface area contributed by atoms with Crippen LogP contribution in [0.3, 0.4) is 0 Å². The molecule has 0 amide bonds. The first-order valence-corrected chi connectivity index (χ1v) is 6.00. The molecule has 1 heterocycles. The minimum atomic E-state index is -1.26. The third-order valence-corrected chi connectivity index (χ3v) is 2.78. The van der Waals surface area contributed by atoms with Crippen LogP contribution in [0.25, 0.3) is 0 Å². The summed E-state index contributed by atoms with van der Waals surface area (Å²) in [5, 5.41) is 5.48. The molecule has 0 unspecified atom stereocenters. The molecular weight excluding hydrogens is 269 g/mol. The van der Waals surface area contributed by atoms with E-state index >= 15 is 0 Å². The number of benzene rings is 1. The fraction of sp³-hybridized carbons (Fsp3) is 0.231.